The molecule has 0 aliphatic carbocycles. The predicted molar refractivity (Wildman–Crippen MR) is 86.9 cm³/mol. The highest BCUT2D eigenvalue weighted by Crippen LogP contribution is 2.07. The second kappa shape index (κ2) is 15.4. The lowest BCUT2D eigenvalue weighted by Gasteiger charge is -2.11. The zero-order valence-electron chi connectivity index (χ0n) is 11.0. The third-order valence-corrected chi connectivity index (χ3v) is 3.38. The van der Waals surface area contributed by atoms with Crippen LogP contribution >= 0.6 is 34.8 Å². The van der Waals surface area contributed by atoms with E-state index in [0.717, 1.165) is 25.9 Å². The Morgan fingerprint density at radius 2 is 1.40 bits per heavy atom. The van der Waals surface area contributed by atoms with Crippen molar-refractivity contribution in [3.05, 3.63) is 0 Å². The highest BCUT2D eigenvalue weighted by atomic mass is 35.5. The monoisotopic (exact) mass is 346 g/mol. The minimum atomic E-state index is -0.508. The van der Waals surface area contributed by atoms with Gasteiger partial charge in [-0.15, -0.1) is 23.2 Å². The molecule has 0 radical (unpaired) electrons. The van der Waals surface area contributed by atoms with Crippen LogP contribution in [0.5, 0.6) is 0 Å². The summed E-state index contributed by atoms with van der Waals surface area (Å²) in [7, 11) is 0. The van der Waals surface area contributed by atoms with Gasteiger partial charge in [0.2, 0.25) is 11.1 Å². The molecule has 0 atom stereocenters. The smallest absolute Gasteiger partial charge is 0.237 e. The molecule has 0 unspecified atom stereocenters. The maximum absolute atomic E-state index is 10.8. The molecule has 0 bridgehead atoms. The molecule has 0 saturated carbocycles. The van der Waals surface area contributed by atoms with E-state index in [-0.39, 0.29) is 25.1 Å². The first-order valence-corrected chi connectivity index (χ1v) is 7.85. The molecule has 0 aromatic heterocycles. The molecule has 2 heterocycles. The molecule has 120 valence electrons. The molecule has 0 aromatic rings. The predicted octanol–water partition coefficient (Wildman–Crippen LogP) is 2.84. The van der Waals surface area contributed by atoms with Crippen LogP contribution in [0.3, 0.4) is 0 Å². The average molecular weight is 348 g/mol. The number of hydrogen-bond donors (Lipinski definition) is 1. The van der Waals surface area contributed by atoms with Crippen molar-refractivity contribution < 1.29 is 9.59 Å². The molecule has 4 nitrogen and oxygen atoms in total. The van der Waals surface area contributed by atoms with Crippen LogP contribution in [0.4, 0.5) is 0 Å². The van der Waals surface area contributed by atoms with Gasteiger partial charge in [0.25, 0.3) is 0 Å². The first kappa shape index (κ1) is 22.3. The van der Waals surface area contributed by atoms with Crippen molar-refractivity contribution in [2.45, 2.75) is 33.1 Å². The molecule has 2 saturated heterocycles. The standard InChI is InChI=1S/C6H10ClNO.C4H9N.C2H2Cl2O.CH4/c7-5-6(9)8-3-1-2-4-8;1-2-4-5-3-1;3-1-2(4)5;/h1-5H2;5H,1-4H2;1H2;1H4. The maximum atomic E-state index is 10.8. The number of carbonyl (C=O) groups is 2. The van der Waals surface area contributed by atoms with Gasteiger partial charge in [-0.25, -0.2) is 0 Å². The molecule has 2 aliphatic rings. The first-order valence-electron chi connectivity index (χ1n) is 6.40. The quantitative estimate of drug-likeness (QED) is 0.617. The van der Waals surface area contributed by atoms with E-state index in [1.807, 2.05) is 4.90 Å². The van der Waals surface area contributed by atoms with E-state index in [1.165, 1.54) is 25.9 Å². The molecule has 1 N–H and O–H groups in total. The number of likely N-dealkylation sites (tertiary alicyclic amines) is 1. The van der Waals surface area contributed by atoms with Gasteiger partial charge in [0.15, 0.2) is 0 Å². The fourth-order valence-corrected chi connectivity index (χ4v) is 1.85. The summed E-state index contributed by atoms with van der Waals surface area (Å²) >= 11 is 14.9. The van der Waals surface area contributed by atoms with E-state index < -0.39 is 5.24 Å². The summed E-state index contributed by atoms with van der Waals surface area (Å²) in [5.41, 5.74) is 0. The van der Waals surface area contributed by atoms with E-state index >= 15 is 0 Å². The molecule has 20 heavy (non-hydrogen) atoms. The Morgan fingerprint density at radius 3 is 1.65 bits per heavy atom. The third kappa shape index (κ3) is 13.0. The minimum absolute atomic E-state index is 0. The molecule has 0 aromatic carbocycles. The normalized spacial score (nSPS) is 16.2. The zero-order chi connectivity index (χ0) is 14.5. The summed E-state index contributed by atoms with van der Waals surface area (Å²) in [6.07, 6.45) is 5.06. The molecular weight excluding hydrogens is 323 g/mol. The summed E-state index contributed by atoms with van der Waals surface area (Å²) in [6, 6.07) is 0. The van der Waals surface area contributed by atoms with Crippen LogP contribution in [0.25, 0.3) is 0 Å². The van der Waals surface area contributed by atoms with Gasteiger partial charge in [-0.2, -0.15) is 0 Å². The number of hydrogen-bond acceptors (Lipinski definition) is 3. The van der Waals surface area contributed by atoms with E-state index in [2.05, 4.69) is 5.32 Å². The van der Waals surface area contributed by atoms with Gasteiger partial charge in [-0.05, 0) is 50.4 Å². The van der Waals surface area contributed by atoms with Gasteiger partial charge in [0.05, 0.1) is 5.88 Å². The van der Waals surface area contributed by atoms with Crippen LogP contribution < -0.4 is 5.32 Å². The SMILES string of the molecule is C.C1CCNC1.O=C(CCl)N1CCCC1.O=C(Cl)CCl. The van der Waals surface area contributed by atoms with Crippen LogP contribution in [-0.4, -0.2) is 54.0 Å². The van der Waals surface area contributed by atoms with Gasteiger partial charge in [0.1, 0.15) is 5.88 Å². The number of amides is 1. The number of nitrogens with one attached hydrogen (secondary N) is 1. The van der Waals surface area contributed by atoms with Crippen molar-refractivity contribution in [1.82, 2.24) is 10.2 Å². The fraction of sp³-hybridized carbons (Fsp3) is 0.846. The van der Waals surface area contributed by atoms with Gasteiger partial charge in [0, 0.05) is 13.1 Å². The van der Waals surface area contributed by atoms with Gasteiger partial charge in [-0.1, -0.05) is 7.43 Å². The third-order valence-electron chi connectivity index (χ3n) is 2.64. The highest BCUT2D eigenvalue weighted by molar-refractivity contribution is 6.67. The number of nitrogens with zero attached hydrogens (tertiary/aromatic N) is 1. The summed E-state index contributed by atoms with van der Waals surface area (Å²) < 4.78 is 0. The Bertz CT molecular complexity index is 248. The van der Waals surface area contributed by atoms with Crippen molar-refractivity contribution in [2.75, 3.05) is 37.9 Å². The van der Waals surface area contributed by atoms with Crippen molar-refractivity contribution >= 4 is 46.0 Å². The van der Waals surface area contributed by atoms with Crippen molar-refractivity contribution in [1.29, 1.82) is 0 Å². The molecular formula is C13H25Cl3N2O2. The molecule has 7 heteroatoms. The molecule has 2 fully saturated rings. The number of carbonyl (C=O) groups excluding carboxylic acids is 2. The fourth-order valence-electron chi connectivity index (χ4n) is 1.68. The Hall–Kier alpha value is -0.0300. The number of halogens is 3. The van der Waals surface area contributed by atoms with Crippen molar-refractivity contribution in [2.24, 2.45) is 0 Å². The van der Waals surface area contributed by atoms with E-state index in [0.29, 0.717) is 0 Å². The summed E-state index contributed by atoms with van der Waals surface area (Å²) in [6.45, 7) is 4.32. The van der Waals surface area contributed by atoms with E-state index in [4.69, 9.17) is 34.8 Å². The van der Waals surface area contributed by atoms with Crippen LogP contribution in [0.1, 0.15) is 33.1 Å². The first-order chi connectivity index (χ1) is 9.11. The Labute approximate surface area is 137 Å². The molecule has 2 aliphatic heterocycles. The topological polar surface area (TPSA) is 49.4 Å². The lowest BCUT2D eigenvalue weighted by atomic mass is 10.4. The van der Waals surface area contributed by atoms with Crippen molar-refractivity contribution in [3.63, 3.8) is 0 Å². The van der Waals surface area contributed by atoms with Crippen LogP contribution in [0, 0.1) is 0 Å². The summed E-state index contributed by atoms with van der Waals surface area (Å²) in [5, 5.41) is 2.71. The van der Waals surface area contributed by atoms with Gasteiger partial charge < -0.3 is 10.2 Å². The second-order valence-electron chi connectivity index (χ2n) is 4.17. The Balaban J connectivity index is 0. The van der Waals surface area contributed by atoms with Crippen LogP contribution in [-0.2, 0) is 9.59 Å². The molecule has 1 amide bonds. The van der Waals surface area contributed by atoms with E-state index in [9.17, 15) is 9.59 Å². The number of alkyl halides is 2. The Kier molecular flexibility index (Phi) is 17.1. The molecule has 2 rings (SSSR count). The second-order valence-corrected chi connectivity index (χ2v) is 5.12. The van der Waals surface area contributed by atoms with Crippen LogP contribution in [0.2, 0.25) is 0 Å². The summed E-state index contributed by atoms with van der Waals surface area (Å²) in [4.78, 5) is 22.1. The van der Waals surface area contributed by atoms with Gasteiger partial charge in [-0.3, -0.25) is 9.59 Å². The van der Waals surface area contributed by atoms with Crippen molar-refractivity contribution in [3.8, 4) is 0 Å². The zero-order valence-corrected chi connectivity index (χ0v) is 13.2. The lowest BCUT2D eigenvalue weighted by Crippen LogP contribution is -2.28. The Morgan fingerprint density at radius 1 is 0.950 bits per heavy atom. The molecule has 0 spiro atoms. The number of rotatable bonds is 2. The largest absolute Gasteiger partial charge is 0.342 e. The summed E-state index contributed by atoms with van der Waals surface area (Å²) in [5.74, 6) is 0.121. The van der Waals surface area contributed by atoms with Crippen LogP contribution in [0.15, 0.2) is 0 Å². The van der Waals surface area contributed by atoms with Gasteiger partial charge >= 0.3 is 0 Å². The lowest BCUT2D eigenvalue weighted by molar-refractivity contribution is -0.127. The highest BCUT2D eigenvalue weighted by Gasteiger charge is 2.15. The van der Waals surface area contributed by atoms with E-state index in [1.54, 1.807) is 0 Å². The minimum Gasteiger partial charge on any atom is -0.342 e. The average Bonchev–Trinajstić information content (AvgIpc) is 3.13. The maximum Gasteiger partial charge on any atom is 0.237 e.